The third kappa shape index (κ3) is 1.99. The van der Waals surface area contributed by atoms with Crippen molar-refractivity contribution in [1.29, 1.82) is 0 Å². The third-order valence-electron chi connectivity index (χ3n) is 4.67. The number of carbonyl (C=O) groups is 1. The minimum atomic E-state index is -0.223. The lowest BCUT2D eigenvalue weighted by molar-refractivity contribution is -0.136. The van der Waals surface area contributed by atoms with Gasteiger partial charge < -0.3 is 4.90 Å². The molecule has 2 aliphatic rings. The molecule has 0 bridgehead atoms. The van der Waals surface area contributed by atoms with E-state index in [1.54, 1.807) is 0 Å². The zero-order valence-electron chi connectivity index (χ0n) is 11.8. The highest BCUT2D eigenvalue weighted by atomic mass is 16.2. The van der Waals surface area contributed by atoms with Gasteiger partial charge in [-0.05, 0) is 32.1 Å². The number of amides is 1. The van der Waals surface area contributed by atoms with Crippen molar-refractivity contribution in [2.24, 2.45) is 5.41 Å². The van der Waals surface area contributed by atoms with Gasteiger partial charge in [0.15, 0.2) is 0 Å². The number of nitrogens with zero attached hydrogens (tertiary/aromatic N) is 1. The van der Waals surface area contributed by atoms with Crippen molar-refractivity contribution in [2.45, 2.75) is 78.0 Å². The first kappa shape index (κ1) is 12.9. The summed E-state index contributed by atoms with van der Waals surface area (Å²) < 4.78 is 0. The fourth-order valence-electron chi connectivity index (χ4n) is 3.22. The molecule has 3 nitrogen and oxygen atoms in total. The summed E-state index contributed by atoms with van der Waals surface area (Å²) in [5.41, 5.74) is -0.0886. The molecule has 98 valence electrons. The van der Waals surface area contributed by atoms with Crippen LogP contribution >= 0.6 is 0 Å². The topological polar surface area (TPSA) is 32.3 Å². The molecule has 2 unspecified atom stereocenters. The van der Waals surface area contributed by atoms with Gasteiger partial charge in [0.05, 0.1) is 11.7 Å². The Hall–Kier alpha value is -0.570. The Balaban J connectivity index is 2.22. The van der Waals surface area contributed by atoms with Gasteiger partial charge in [0.1, 0.15) is 0 Å². The Kier molecular flexibility index (Phi) is 3.01. The van der Waals surface area contributed by atoms with Gasteiger partial charge in [-0.3, -0.25) is 10.1 Å². The Labute approximate surface area is 105 Å². The smallest absolute Gasteiger partial charge is 0.244 e. The molecule has 0 aromatic rings. The third-order valence-corrected chi connectivity index (χ3v) is 4.67. The summed E-state index contributed by atoms with van der Waals surface area (Å²) in [4.78, 5) is 14.8. The minimum absolute atomic E-state index is 0.135. The van der Waals surface area contributed by atoms with E-state index in [1.165, 1.54) is 12.8 Å². The molecule has 2 rings (SSSR count). The molecule has 1 N–H and O–H groups in total. The van der Waals surface area contributed by atoms with E-state index in [-0.39, 0.29) is 23.2 Å². The second-order valence-corrected chi connectivity index (χ2v) is 6.86. The van der Waals surface area contributed by atoms with Crippen LogP contribution in [0.4, 0.5) is 0 Å². The molecule has 0 aromatic carbocycles. The summed E-state index contributed by atoms with van der Waals surface area (Å²) in [5.74, 6) is 0.338. The molecule has 2 atom stereocenters. The number of hydrogen-bond acceptors (Lipinski definition) is 2. The highest BCUT2D eigenvalue weighted by Gasteiger charge is 2.53. The van der Waals surface area contributed by atoms with E-state index in [4.69, 9.17) is 0 Å². The summed E-state index contributed by atoms with van der Waals surface area (Å²) in [6, 6.07) is 0.275. The van der Waals surface area contributed by atoms with Gasteiger partial charge in [0, 0.05) is 6.04 Å². The first-order valence-corrected chi connectivity index (χ1v) is 6.88. The van der Waals surface area contributed by atoms with Crippen LogP contribution in [0.5, 0.6) is 0 Å². The van der Waals surface area contributed by atoms with Gasteiger partial charge in [-0.2, -0.15) is 0 Å². The second kappa shape index (κ2) is 3.98. The first-order chi connectivity index (χ1) is 7.78. The highest BCUT2D eigenvalue weighted by molar-refractivity contribution is 5.89. The number of nitrogens with one attached hydrogen (secondary N) is 1. The van der Waals surface area contributed by atoms with Crippen LogP contribution in [0.1, 0.15) is 60.3 Å². The summed E-state index contributed by atoms with van der Waals surface area (Å²) in [5, 5.41) is 3.56. The lowest BCUT2D eigenvalue weighted by Gasteiger charge is -2.37. The van der Waals surface area contributed by atoms with Crippen LogP contribution in [0, 0.1) is 5.41 Å². The average Bonchev–Trinajstić information content (AvgIpc) is 2.73. The lowest BCUT2D eigenvalue weighted by Crippen LogP contribution is -2.48. The molecule has 1 saturated heterocycles. The molecule has 17 heavy (non-hydrogen) atoms. The molecular weight excluding hydrogens is 212 g/mol. The van der Waals surface area contributed by atoms with E-state index in [1.807, 2.05) is 0 Å². The van der Waals surface area contributed by atoms with Crippen LogP contribution in [0.2, 0.25) is 0 Å². The van der Waals surface area contributed by atoms with Crippen LogP contribution in [-0.2, 0) is 4.79 Å². The van der Waals surface area contributed by atoms with Crippen molar-refractivity contribution in [3.05, 3.63) is 0 Å². The summed E-state index contributed by atoms with van der Waals surface area (Å²) in [7, 11) is 0. The molecule has 1 spiro atoms. The van der Waals surface area contributed by atoms with E-state index in [0.717, 1.165) is 12.8 Å². The fraction of sp³-hybridized carbons (Fsp3) is 0.929. The quantitative estimate of drug-likeness (QED) is 0.761. The summed E-state index contributed by atoms with van der Waals surface area (Å²) in [6.45, 7) is 10.9. The molecule has 0 aromatic heterocycles. The number of rotatable bonds is 1. The fourth-order valence-corrected chi connectivity index (χ4v) is 3.22. The van der Waals surface area contributed by atoms with Gasteiger partial charge in [-0.25, -0.2) is 0 Å². The van der Waals surface area contributed by atoms with Crippen molar-refractivity contribution in [3.8, 4) is 0 Å². The monoisotopic (exact) mass is 238 g/mol. The van der Waals surface area contributed by atoms with Crippen LogP contribution in [0.25, 0.3) is 0 Å². The van der Waals surface area contributed by atoms with Crippen molar-refractivity contribution in [1.82, 2.24) is 10.2 Å². The van der Waals surface area contributed by atoms with E-state index < -0.39 is 0 Å². The Bertz CT molecular complexity index is 313. The van der Waals surface area contributed by atoms with Gasteiger partial charge in [0.25, 0.3) is 0 Å². The normalized spacial score (nSPS) is 30.3. The van der Waals surface area contributed by atoms with Crippen LogP contribution < -0.4 is 5.32 Å². The van der Waals surface area contributed by atoms with Crippen LogP contribution in [0.3, 0.4) is 0 Å². The predicted molar refractivity (Wildman–Crippen MR) is 69.6 cm³/mol. The van der Waals surface area contributed by atoms with Gasteiger partial charge in [-0.15, -0.1) is 0 Å². The second-order valence-electron chi connectivity index (χ2n) is 6.86. The first-order valence-electron chi connectivity index (χ1n) is 6.88. The molecular formula is C14H26N2O. The van der Waals surface area contributed by atoms with Crippen molar-refractivity contribution >= 4 is 5.91 Å². The maximum Gasteiger partial charge on any atom is 0.244 e. The lowest BCUT2D eigenvalue weighted by atomic mass is 9.86. The molecule has 0 radical (unpaired) electrons. The SMILES string of the molecule is CC1NC2(CCCC2)C(=O)N1C(C)C(C)(C)C. The minimum Gasteiger partial charge on any atom is -0.323 e. The summed E-state index contributed by atoms with van der Waals surface area (Å²) in [6.07, 6.45) is 4.58. The van der Waals surface area contributed by atoms with E-state index in [2.05, 4.69) is 44.8 Å². The molecule has 3 heteroatoms. The molecule has 1 heterocycles. The molecule has 2 fully saturated rings. The highest BCUT2D eigenvalue weighted by Crippen LogP contribution is 2.39. The molecule has 1 amide bonds. The molecule has 1 aliphatic heterocycles. The maximum absolute atomic E-state index is 12.7. The van der Waals surface area contributed by atoms with Gasteiger partial charge >= 0.3 is 0 Å². The zero-order valence-corrected chi connectivity index (χ0v) is 11.8. The van der Waals surface area contributed by atoms with Crippen LogP contribution in [-0.4, -0.2) is 28.6 Å². The Morgan fingerprint density at radius 2 is 1.88 bits per heavy atom. The van der Waals surface area contributed by atoms with Gasteiger partial charge in [-0.1, -0.05) is 33.6 Å². The van der Waals surface area contributed by atoms with Crippen LogP contribution in [0.15, 0.2) is 0 Å². The zero-order chi connectivity index (χ0) is 12.8. The number of carbonyl (C=O) groups excluding carboxylic acids is 1. The van der Waals surface area contributed by atoms with Crippen molar-refractivity contribution < 1.29 is 4.79 Å². The predicted octanol–water partition coefficient (Wildman–Crippen LogP) is 2.51. The molecule has 1 aliphatic carbocycles. The Morgan fingerprint density at radius 1 is 1.35 bits per heavy atom. The van der Waals surface area contributed by atoms with Crippen molar-refractivity contribution in [2.75, 3.05) is 0 Å². The largest absolute Gasteiger partial charge is 0.323 e. The summed E-state index contributed by atoms with van der Waals surface area (Å²) >= 11 is 0. The average molecular weight is 238 g/mol. The van der Waals surface area contributed by atoms with Crippen molar-refractivity contribution in [3.63, 3.8) is 0 Å². The number of hydrogen-bond donors (Lipinski definition) is 1. The van der Waals surface area contributed by atoms with E-state index in [9.17, 15) is 4.79 Å². The Morgan fingerprint density at radius 3 is 2.35 bits per heavy atom. The van der Waals surface area contributed by atoms with E-state index in [0.29, 0.717) is 5.91 Å². The standard InChI is InChI=1S/C14H26N2O/c1-10(13(3,4)5)16-11(2)15-14(12(16)17)8-6-7-9-14/h10-11,15H,6-9H2,1-5H3. The maximum atomic E-state index is 12.7. The van der Waals surface area contributed by atoms with Gasteiger partial charge in [0.2, 0.25) is 5.91 Å². The molecule has 1 saturated carbocycles. The van der Waals surface area contributed by atoms with E-state index >= 15 is 0 Å².